The molecule has 1 heterocycles. The van der Waals surface area contributed by atoms with E-state index >= 15 is 0 Å². The molecule has 4 aromatic rings. The third kappa shape index (κ3) is 7.19. The molecule has 1 atom stereocenters. The summed E-state index contributed by atoms with van der Waals surface area (Å²) >= 11 is 0. The summed E-state index contributed by atoms with van der Waals surface area (Å²) in [5.41, 5.74) is 6.84. The van der Waals surface area contributed by atoms with E-state index in [1.54, 1.807) is 26.2 Å². The van der Waals surface area contributed by atoms with Gasteiger partial charge in [-0.3, -0.25) is 4.79 Å². The molecule has 4 N–H and O–H groups in total. The number of ether oxygens (including phenoxy) is 1. The molecule has 1 aromatic heterocycles. The van der Waals surface area contributed by atoms with Crippen LogP contribution in [0.3, 0.4) is 0 Å². The predicted molar refractivity (Wildman–Crippen MR) is 153 cm³/mol. The van der Waals surface area contributed by atoms with Crippen molar-refractivity contribution in [1.29, 1.82) is 0 Å². The van der Waals surface area contributed by atoms with Crippen molar-refractivity contribution >= 4 is 40.8 Å². The van der Waals surface area contributed by atoms with Crippen molar-refractivity contribution in [2.45, 2.75) is 40.7 Å². The topological polar surface area (TPSA) is 113 Å². The molecule has 3 aromatic carbocycles. The molecule has 38 heavy (non-hydrogen) atoms. The standard InChI is InChI=1S/C29H33N7O2/c1-17-10-18(2)13-23(12-17)32-28-34-27(35-29(36-28)33-24-14-19(3)11-20(4)15-24)30-21(5)26(37)31-22-8-7-9-25(16-22)38-6/h7-16,21H,1-6H3,(H,31,37)(H3,30,32,33,34,35,36). The van der Waals surface area contributed by atoms with E-state index in [1.807, 2.05) is 64.1 Å². The number of amides is 1. The fourth-order valence-electron chi connectivity index (χ4n) is 4.11. The van der Waals surface area contributed by atoms with Gasteiger partial charge < -0.3 is 26.0 Å². The van der Waals surface area contributed by atoms with E-state index < -0.39 is 6.04 Å². The maximum atomic E-state index is 12.9. The van der Waals surface area contributed by atoms with Crippen LogP contribution in [0.15, 0.2) is 60.7 Å². The summed E-state index contributed by atoms with van der Waals surface area (Å²) < 4.78 is 5.24. The lowest BCUT2D eigenvalue weighted by molar-refractivity contribution is -0.116. The summed E-state index contributed by atoms with van der Waals surface area (Å²) in [5.74, 6) is 1.36. The number of carbonyl (C=O) groups excluding carboxylic acids is 1. The zero-order chi connectivity index (χ0) is 27.2. The van der Waals surface area contributed by atoms with Gasteiger partial charge in [0.2, 0.25) is 23.8 Å². The predicted octanol–water partition coefficient (Wildman–Crippen LogP) is 6.04. The highest BCUT2D eigenvalue weighted by Gasteiger charge is 2.17. The summed E-state index contributed by atoms with van der Waals surface area (Å²) in [5, 5.41) is 12.5. The van der Waals surface area contributed by atoms with Gasteiger partial charge in [0.1, 0.15) is 11.8 Å². The average Bonchev–Trinajstić information content (AvgIpc) is 2.82. The number of rotatable bonds is 9. The molecular formula is C29H33N7O2. The van der Waals surface area contributed by atoms with Gasteiger partial charge in [-0.2, -0.15) is 15.0 Å². The van der Waals surface area contributed by atoms with Crippen molar-refractivity contribution < 1.29 is 9.53 Å². The van der Waals surface area contributed by atoms with Crippen molar-refractivity contribution in [1.82, 2.24) is 15.0 Å². The Labute approximate surface area is 223 Å². The van der Waals surface area contributed by atoms with Crippen LogP contribution in [0.4, 0.5) is 34.9 Å². The first-order chi connectivity index (χ1) is 18.2. The van der Waals surface area contributed by atoms with E-state index in [2.05, 4.69) is 48.4 Å². The van der Waals surface area contributed by atoms with E-state index in [0.29, 0.717) is 23.3 Å². The van der Waals surface area contributed by atoms with Gasteiger partial charge in [-0.1, -0.05) is 18.2 Å². The van der Waals surface area contributed by atoms with Crippen LogP contribution < -0.4 is 26.0 Å². The molecule has 9 heteroatoms. The zero-order valence-corrected chi connectivity index (χ0v) is 22.5. The summed E-state index contributed by atoms with van der Waals surface area (Å²) in [6.45, 7) is 9.89. The largest absolute Gasteiger partial charge is 0.497 e. The van der Waals surface area contributed by atoms with E-state index in [1.165, 1.54) is 0 Å². The maximum Gasteiger partial charge on any atom is 0.246 e. The van der Waals surface area contributed by atoms with Gasteiger partial charge in [0, 0.05) is 23.1 Å². The summed E-state index contributed by atoms with van der Waals surface area (Å²) in [7, 11) is 1.58. The molecule has 0 spiro atoms. The molecule has 1 amide bonds. The van der Waals surface area contributed by atoms with Gasteiger partial charge in [0.05, 0.1) is 7.11 Å². The zero-order valence-electron chi connectivity index (χ0n) is 22.5. The number of aryl methyl sites for hydroxylation is 4. The summed E-state index contributed by atoms with van der Waals surface area (Å²) in [6, 6.07) is 18.8. The smallest absolute Gasteiger partial charge is 0.246 e. The lowest BCUT2D eigenvalue weighted by atomic mass is 10.1. The Morgan fingerprint density at radius 1 is 0.711 bits per heavy atom. The maximum absolute atomic E-state index is 12.9. The Hall–Kier alpha value is -4.66. The number of benzene rings is 3. The average molecular weight is 512 g/mol. The first kappa shape index (κ1) is 26.4. The Kier molecular flexibility index (Phi) is 8.06. The molecule has 1 unspecified atom stereocenters. The highest BCUT2D eigenvalue weighted by atomic mass is 16.5. The van der Waals surface area contributed by atoms with Gasteiger partial charge >= 0.3 is 0 Å². The highest BCUT2D eigenvalue weighted by Crippen LogP contribution is 2.23. The third-order valence-electron chi connectivity index (χ3n) is 5.67. The lowest BCUT2D eigenvalue weighted by Crippen LogP contribution is -2.32. The van der Waals surface area contributed by atoms with Crippen molar-refractivity contribution in [2.75, 3.05) is 28.4 Å². The molecule has 9 nitrogen and oxygen atoms in total. The Morgan fingerprint density at radius 3 is 1.71 bits per heavy atom. The number of anilines is 6. The van der Waals surface area contributed by atoms with E-state index in [4.69, 9.17) is 4.74 Å². The number of aromatic nitrogens is 3. The summed E-state index contributed by atoms with van der Waals surface area (Å²) in [6.07, 6.45) is 0. The molecule has 4 rings (SSSR count). The Bertz CT molecular complexity index is 1340. The van der Waals surface area contributed by atoms with E-state index in [9.17, 15) is 4.79 Å². The summed E-state index contributed by atoms with van der Waals surface area (Å²) in [4.78, 5) is 26.6. The van der Waals surface area contributed by atoms with Gasteiger partial charge in [-0.25, -0.2) is 0 Å². The number of nitrogens with zero attached hydrogens (tertiary/aromatic N) is 3. The van der Waals surface area contributed by atoms with Crippen LogP contribution in [0, 0.1) is 27.7 Å². The SMILES string of the molecule is COc1cccc(NC(=O)C(C)Nc2nc(Nc3cc(C)cc(C)c3)nc(Nc3cc(C)cc(C)c3)n2)c1. The van der Waals surface area contributed by atoms with Crippen LogP contribution in [0.5, 0.6) is 5.75 Å². The molecule has 0 aliphatic heterocycles. The monoisotopic (exact) mass is 511 g/mol. The second-order valence-electron chi connectivity index (χ2n) is 9.40. The number of hydrogen-bond acceptors (Lipinski definition) is 8. The molecule has 0 saturated carbocycles. The van der Waals surface area contributed by atoms with Crippen LogP contribution in [-0.4, -0.2) is 34.0 Å². The second-order valence-corrected chi connectivity index (χ2v) is 9.40. The van der Waals surface area contributed by atoms with Crippen molar-refractivity contribution in [3.8, 4) is 5.75 Å². The lowest BCUT2D eigenvalue weighted by Gasteiger charge is -2.16. The first-order valence-corrected chi connectivity index (χ1v) is 12.3. The molecule has 0 bridgehead atoms. The molecule has 196 valence electrons. The molecule has 0 saturated heterocycles. The Morgan fingerprint density at radius 2 is 1.21 bits per heavy atom. The minimum atomic E-state index is -0.633. The van der Waals surface area contributed by atoms with Crippen molar-refractivity contribution in [3.63, 3.8) is 0 Å². The number of nitrogens with one attached hydrogen (secondary N) is 4. The number of carbonyl (C=O) groups is 1. The van der Waals surface area contributed by atoms with Crippen LogP contribution in [0.2, 0.25) is 0 Å². The Balaban J connectivity index is 1.59. The highest BCUT2D eigenvalue weighted by molar-refractivity contribution is 5.96. The van der Waals surface area contributed by atoms with Crippen LogP contribution in [0.25, 0.3) is 0 Å². The fourth-order valence-corrected chi connectivity index (χ4v) is 4.11. The van der Waals surface area contributed by atoms with Gasteiger partial charge in [0.25, 0.3) is 0 Å². The molecule has 0 radical (unpaired) electrons. The molecule has 0 fully saturated rings. The van der Waals surface area contributed by atoms with Gasteiger partial charge in [-0.15, -0.1) is 0 Å². The van der Waals surface area contributed by atoms with Crippen LogP contribution in [-0.2, 0) is 4.79 Å². The normalized spacial score (nSPS) is 11.4. The van der Waals surface area contributed by atoms with Crippen molar-refractivity contribution in [2.24, 2.45) is 0 Å². The third-order valence-corrected chi connectivity index (χ3v) is 5.67. The minimum absolute atomic E-state index is 0.244. The van der Waals surface area contributed by atoms with E-state index in [-0.39, 0.29) is 11.9 Å². The van der Waals surface area contributed by atoms with E-state index in [0.717, 1.165) is 33.6 Å². The van der Waals surface area contributed by atoms with Gasteiger partial charge in [0.15, 0.2) is 0 Å². The molecule has 0 aliphatic carbocycles. The molecular weight excluding hydrogens is 478 g/mol. The number of methoxy groups -OCH3 is 1. The van der Waals surface area contributed by atoms with Gasteiger partial charge in [-0.05, 0) is 93.3 Å². The van der Waals surface area contributed by atoms with Crippen LogP contribution in [0.1, 0.15) is 29.2 Å². The quantitative estimate of drug-likeness (QED) is 0.215. The van der Waals surface area contributed by atoms with Crippen molar-refractivity contribution in [3.05, 3.63) is 82.9 Å². The fraction of sp³-hybridized carbons (Fsp3) is 0.241. The first-order valence-electron chi connectivity index (χ1n) is 12.3. The number of hydrogen-bond donors (Lipinski definition) is 4. The minimum Gasteiger partial charge on any atom is -0.497 e. The van der Waals surface area contributed by atoms with Crippen LogP contribution >= 0.6 is 0 Å². The molecule has 0 aliphatic rings. The second kappa shape index (κ2) is 11.6.